The average Bonchev–Trinajstić information content (AvgIpc) is 3.18. The van der Waals surface area contributed by atoms with Crippen LogP contribution in [0.25, 0.3) is 0 Å². The molecule has 0 saturated carbocycles. The zero-order chi connectivity index (χ0) is 23.9. The van der Waals surface area contributed by atoms with E-state index in [1.165, 1.54) is 66.3 Å². The molecule has 0 bridgehead atoms. The molecule has 0 aromatic carbocycles. The first-order valence-corrected chi connectivity index (χ1v) is 12.7. The summed E-state index contributed by atoms with van der Waals surface area (Å²) in [6.45, 7) is 0.811. The molecular weight excluding hydrogens is 422 g/mol. The Kier molecular flexibility index (Phi) is 13.3. The Morgan fingerprint density at radius 1 is 0.970 bits per heavy atom. The molecule has 1 aliphatic rings. The molecule has 1 aromatic heterocycles. The maximum atomic E-state index is 12.8. The lowest BCUT2D eigenvalue weighted by molar-refractivity contribution is -0.0463. The van der Waals surface area contributed by atoms with Gasteiger partial charge in [-0.15, -0.1) is 0 Å². The Hall–Kier alpha value is -1.74. The normalized spacial score (nSPS) is 20.8. The van der Waals surface area contributed by atoms with Crippen molar-refractivity contribution >= 4 is 0 Å². The van der Waals surface area contributed by atoms with Crippen molar-refractivity contribution in [2.24, 2.45) is 5.73 Å². The van der Waals surface area contributed by atoms with Crippen LogP contribution >= 0.6 is 0 Å². The summed E-state index contributed by atoms with van der Waals surface area (Å²) in [7, 11) is 0. The molecular formula is C25H43N3O5. The minimum Gasteiger partial charge on any atom is -0.394 e. The number of unbranched alkanes of at least 4 members (excludes halogenated alkanes) is 10. The van der Waals surface area contributed by atoms with Gasteiger partial charge in [0.2, 0.25) is 0 Å². The molecule has 33 heavy (non-hydrogen) atoms. The van der Waals surface area contributed by atoms with Gasteiger partial charge in [-0.05, 0) is 32.2 Å². The van der Waals surface area contributed by atoms with Crippen LogP contribution in [-0.2, 0) is 11.3 Å². The average molecular weight is 466 g/mol. The molecule has 0 radical (unpaired) electrons. The van der Waals surface area contributed by atoms with Crippen LogP contribution in [-0.4, -0.2) is 44.7 Å². The lowest BCUT2D eigenvalue weighted by atomic mass is 10.1. The number of ether oxygens (including phenoxy) is 1. The zero-order valence-corrected chi connectivity index (χ0v) is 19.9. The van der Waals surface area contributed by atoms with Crippen molar-refractivity contribution in [3.05, 3.63) is 45.3 Å². The van der Waals surface area contributed by atoms with Crippen molar-refractivity contribution in [1.29, 1.82) is 0 Å². The molecule has 1 aromatic rings. The van der Waals surface area contributed by atoms with Crippen molar-refractivity contribution in [1.82, 2.24) is 9.13 Å². The quantitative estimate of drug-likeness (QED) is 0.240. The third-order valence-corrected chi connectivity index (χ3v) is 6.29. The number of aromatic nitrogens is 2. The van der Waals surface area contributed by atoms with Gasteiger partial charge >= 0.3 is 5.69 Å². The molecule has 8 heteroatoms. The van der Waals surface area contributed by atoms with Crippen LogP contribution in [0.15, 0.2) is 34.0 Å². The monoisotopic (exact) mass is 465 g/mol. The van der Waals surface area contributed by atoms with Gasteiger partial charge in [-0.2, -0.15) is 0 Å². The van der Waals surface area contributed by atoms with Crippen molar-refractivity contribution in [2.45, 2.75) is 108 Å². The lowest BCUT2D eigenvalue weighted by Gasteiger charge is -2.16. The van der Waals surface area contributed by atoms with Crippen LogP contribution in [0.4, 0.5) is 0 Å². The van der Waals surface area contributed by atoms with Gasteiger partial charge in [0.15, 0.2) is 0 Å². The molecule has 0 unspecified atom stereocenters. The van der Waals surface area contributed by atoms with E-state index in [0.717, 1.165) is 38.6 Å². The van der Waals surface area contributed by atoms with Gasteiger partial charge in [0.1, 0.15) is 12.3 Å². The summed E-state index contributed by atoms with van der Waals surface area (Å²) in [5.41, 5.74) is 4.72. The predicted molar refractivity (Wildman–Crippen MR) is 130 cm³/mol. The molecule has 0 aliphatic carbocycles. The first-order chi connectivity index (χ1) is 16.1. The third-order valence-electron chi connectivity index (χ3n) is 6.29. The summed E-state index contributed by atoms with van der Waals surface area (Å²) in [5, 5.41) is 19.2. The van der Waals surface area contributed by atoms with Gasteiger partial charge in [-0.3, -0.25) is 13.9 Å². The van der Waals surface area contributed by atoms with Gasteiger partial charge in [-0.25, -0.2) is 4.79 Å². The van der Waals surface area contributed by atoms with Crippen LogP contribution in [0.5, 0.6) is 0 Å². The molecule has 3 atom stereocenters. The number of aliphatic hydroxyl groups excluding tert-OH is 2. The number of nitrogens with zero attached hydrogens (tertiary/aromatic N) is 2. The smallest absolute Gasteiger partial charge is 0.333 e. The molecule has 1 fully saturated rings. The van der Waals surface area contributed by atoms with E-state index >= 15 is 0 Å². The fraction of sp³-hybridized carbons (Fsp3) is 0.760. The number of nitrogens with two attached hydrogens (primary N) is 1. The number of hydrogen-bond donors (Lipinski definition) is 3. The van der Waals surface area contributed by atoms with E-state index in [9.17, 15) is 19.8 Å². The molecule has 8 nitrogen and oxygen atoms in total. The van der Waals surface area contributed by atoms with E-state index in [2.05, 4.69) is 12.2 Å². The first kappa shape index (κ1) is 27.5. The van der Waals surface area contributed by atoms with Crippen molar-refractivity contribution in [2.75, 3.05) is 13.2 Å². The van der Waals surface area contributed by atoms with E-state index in [1.54, 1.807) is 0 Å². The summed E-state index contributed by atoms with van der Waals surface area (Å²) >= 11 is 0. The summed E-state index contributed by atoms with van der Waals surface area (Å²) in [6.07, 6.45) is 17.7. The van der Waals surface area contributed by atoms with Gasteiger partial charge < -0.3 is 20.7 Å². The van der Waals surface area contributed by atoms with E-state index in [4.69, 9.17) is 10.5 Å². The van der Waals surface area contributed by atoms with Crippen molar-refractivity contribution < 1.29 is 14.9 Å². The molecule has 2 heterocycles. The highest BCUT2D eigenvalue weighted by molar-refractivity contribution is 4.90. The maximum absolute atomic E-state index is 12.8. The molecule has 188 valence electrons. The second kappa shape index (κ2) is 16.0. The summed E-state index contributed by atoms with van der Waals surface area (Å²) < 4.78 is 8.14. The SMILES string of the molecule is NCC/C=C/CCCCCCCCCCCCn1c(=O)ccn([C@H]2C[C@H](O)[C@@H](CO)O2)c1=O. The molecule has 0 amide bonds. The van der Waals surface area contributed by atoms with Gasteiger partial charge in [0, 0.05) is 25.2 Å². The Balaban J connectivity index is 1.59. The van der Waals surface area contributed by atoms with E-state index in [1.807, 2.05) is 0 Å². The zero-order valence-electron chi connectivity index (χ0n) is 19.9. The van der Waals surface area contributed by atoms with Crippen LogP contribution in [0, 0.1) is 0 Å². The summed E-state index contributed by atoms with van der Waals surface area (Å²) in [6, 6.07) is 1.36. The fourth-order valence-electron chi connectivity index (χ4n) is 4.28. The fourth-order valence-corrected chi connectivity index (χ4v) is 4.28. The van der Waals surface area contributed by atoms with Gasteiger partial charge in [0.05, 0.1) is 12.7 Å². The Labute approximate surface area is 197 Å². The van der Waals surface area contributed by atoms with Crippen molar-refractivity contribution in [3.63, 3.8) is 0 Å². The predicted octanol–water partition coefficient (Wildman–Crippen LogP) is 2.85. The third kappa shape index (κ3) is 9.57. The van der Waals surface area contributed by atoms with E-state index in [0.29, 0.717) is 6.54 Å². The van der Waals surface area contributed by atoms with Gasteiger partial charge in [-0.1, -0.05) is 63.5 Å². The highest BCUT2D eigenvalue weighted by atomic mass is 16.5. The van der Waals surface area contributed by atoms with E-state index < -0.39 is 24.1 Å². The number of rotatable bonds is 17. The highest BCUT2D eigenvalue weighted by Crippen LogP contribution is 2.27. The second-order valence-corrected chi connectivity index (χ2v) is 8.98. The topological polar surface area (TPSA) is 120 Å². The molecule has 4 N–H and O–H groups in total. The Morgan fingerprint density at radius 2 is 1.58 bits per heavy atom. The molecule has 1 saturated heterocycles. The number of hydrogen-bond acceptors (Lipinski definition) is 6. The Bertz CT molecular complexity index is 804. The highest BCUT2D eigenvalue weighted by Gasteiger charge is 2.35. The van der Waals surface area contributed by atoms with Gasteiger partial charge in [0.25, 0.3) is 5.56 Å². The van der Waals surface area contributed by atoms with Crippen LogP contribution in [0.3, 0.4) is 0 Å². The minimum absolute atomic E-state index is 0.217. The standard InChI is InChI=1S/C25H43N3O5/c26-16-13-11-9-7-5-3-1-2-4-6-8-10-12-14-17-27-23(31)15-18-28(25(27)32)24-19-21(30)22(20-29)33-24/h9,11,15,18,21-22,24,29-30H,1-8,10,12-14,16-17,19-20,26H2/b11-9+/t21-,22+,24+/m0/s1. The molecule has 1 aliphatic heterocycles. The minimum atomic E-state index is -0.823. The van der Waals surface area contributed by atoms with Crippen LogP contribution in [0.2, 0.25) is 0 Å². The van der Waals surface area contributed by atoms with Crippen LogP contribution in [0.1, 0.15) is 89.7 Å². The summed E-state index contributed by atoms with van der Waals surface area (Å²) in [4.78, 5) is 24.9. The number of aliphatic hydroxyl groups is 2. The first-order valence-electron chi connectivity index (χ1n) is 12.7. The van der Waals surface area contributed by atoms with Crippen LogP contribution < -0.4 is 17.0 Å². The molecule has 2 rings (SSSR count). The maximum Gasteiger partial charge on any atom is 0.333 e. The summed E-state index contributed by atoms with van der Waals surface area (Å²) in [5.74, 6) is 0. The molecule has 0 spiro atoms. The Morgan fingerprint density at radius 3 is 2.18 bits per heavy atom. The lowest BCUT2D eigenvalue weighted by Crippen LogP contribution is -2.40. The van der Waals surface area contributed by atoms with E-state index in [-0.39, 0.29) is 18.6 Å². The number of allylic oxidation sites excluding steroid dienone is 1. The second-order valence-electron chi connectivity index (χ2n) is 8.98. The van der Waals surface area contributed by atoms with Crippen molar-refractivity contribution in [3.8, 4) is 0 Å². The largest absolute Gasteiger partial charge is 0.394 e.